The van der Waals surface area contributed by atoms with Gasteiger partial charge < -0.3 is 19.3 Å². The number of nitrogens with zero attached hydrogens (tertiary/aromatic N) is 1. The number of alkyl halides is 1. The standard InChI is InChI=1S/C36H50FNO7/c1-10-29-36(9,42)32-24(4)30(38-26(6)39)22(2)19-34(7,25(5)23(3)31(40)35(8,37)33(41)45-29)44-21-28(20-43-32)18-14-17-27-15-12-11-13-16-27/h11-18,22-25,29,32,42H,10,19-21H2,1-9H3/b17-14+,28-18+,38-30+/t22-,23-,24+,25-,29-,32-,34-,35+,36-/m1/s1. The van der Waals surface area contributed by atoms with Crippen LogP contribution in [0, 0.1) is 23.7 Å². The fraction of sp³-hybridized carbons (Fsp3) is 0.611. The summed E-state index contributed by atoms with van der Waals surface area (Å²) in [6.07, 6.45) is 3.90. The van der Waals surface area contributed by atoms with Crippen LogP contribution < -0.4 is 0 Å². The first kappa shape index (κ1) is 36.5. The molecule has 1 aromatic carbocycles. The number of hydrogen-bond donors (Lipinski definition) is 1. The Kier molecular flexibility index (Phi) is 11.8. The van der Waals surface area contributed by atoms with E-state index in [9.17, 15) is 19.5 Å². The molecule has 1 aromatic rings. The Morgan fingerprint density at radius 2 is 1.71 bits per heavy atom. The molecule has 45 heavy (non-hydrogen) atoms. The van der Waals surface area contributed by atoms with Crippen LogP contribution in [0.5, 0.6) is 0 Å². The van der Waals surface area contributed by atoms with E-state index in [1.165, 1.54) is 13.8 Å². The highest BCUT2D eigenvalue weighted by molar-refractivity contribution is 6.07. The number of rotatable bonds is 3. The summed E-state index contributed by atoms with van der Waals surface area (Å²) >= 11 is 0. The third kappa shape index (κ3) is 8.23. The summed E-state index contributed by atoms with van der Waals surface area (Å²) in [6.45, 7) is 14.6. The fourth-order valence-electron chi connectivity index (χ4n) is 6.68. The molecule has 9 heteroatoms. The van der Waals surface area contributed by atoms with Gasteiger partial charge in [-0.25, -0.2) is 14.2 Å². The Hall–Kier alpha value is -3.01. The highest BCUT2D eigenvalue weighted by Crippen LogP contribution is 2.41. The van der Waals surface area contributed by atoms with E-state index < -0.39 is 64.5 Å². The van der Waals surface area contributed by atoms with Gasteiger partial charge in [0.05, 0.1) is 24.9 Å². The fourth-order valence-corrected chi connectivity index (χ4v) is 6.68. The van der Waals surface area contributed by atoms with Gasteiger partial charge in [0, 0.05) is 24.5 Å². The number of aliphatic imine (C=N–C) groups is 1. The number of ether oxygens (including phenoxy) is 3. The van der Waals surface area contributed by atoms with E-state index >= 15 is 4.39 Å². The number of hydrogen-bond acceptors (Lipinski definition) is 7. The van der Waals surface area contributed by atoms with Crippen molar-refractivity contribution in [2.24, 2.45) is 28.7 Å². The zero-order valence-corrected chi connectivity index (χ0v) is 28.1. The van der Waals surface area contributed by atoms with Crippen molar-refractivity contribution in [3.8, 4) is 0 Å². The second-order valence-electron chi connectivity index (χ2n) is 13.3. The molecule has 0 aromatic heterocycles. The van der Waals surface area contributed by atoms with Crippen LogP contribution in [0.1, 0.15) is 80.7 Å². The van der Waals surface area contributed by atoms with Gasteiger partial charge >= 0.3 is 5.97 Å². The highest BCUT2D eigenvalue weighted by Gasteiger charge is 2.54. The molecule has 2 aliphatic rings. The van der Waals surface area contributed by atoms with Gasteiger partial charge in [0.15, 0.2) is 5.78 Å². The molecule has 9 atom stereocenters. The number of ketones is 1. The van der Waals surface area contributed by atoms with Crippen LogP contribution in [0.3, 0.4) is 0 Å². The van der Waals surface area contributed by atoms with Gasteiger partial charge in [-0.3, -0.25) is 9.59 Å². The molecule has 0 unspecified atom stereocenters. The molecule has 2 saturated heterocycles. The molecule has 1 N–H and O–H groups in total. The minimum Gasteiger partial charge on any atom is -0.457 e. The molecule has 2 heterocycles. The van der Waals surface area contributed by atoms with Gasteiger partial charge in [-0.2, -0.15) is 0 Å². The van der Waals surface area contributed by atoms with Crippen molar-refractivity contribution in [1.29, 1.82) is 0 Å². The van der Waals surface area contributed by atoms with Gasteiger partial charge in [0.1, 0.15) is 11.7 Å². The Morgan fingerprint density at radius 1 is 1.07 bits per heavy atom. The van der Waals surface area contributed by atoms with E-state index in [0.717, 1.165) is 18.1 Å². The number of amides is 1. The molecule has 8 nitrogen and oxygen atoms in total. The van der Waals surface area contributed by atoms with Gasteiger partial charge in [-0.1, -0.05) is 83.2 Å². The third-order valence-electron chi connectivity index (χ3n) is 9.70. The molecule has 248 valence electrons. The lowest BCUT2D eigenvalue weighted by Gasteiger charge is -2.44. The number of fused-ring (bicyclic) bond motifs is 5. The quantitative estimate of drug-likeness (QED) is 0.318. The average Bonchev–Trinajstić information content (AvgIpc) is 3.00. The van der Waals surface area contributed by atoms with Crippen molar-refractivity contribution in [3.05, 3.63) is 53.6 Å². The number of esters is 1. The Labute approximate surface area is 267 Å². The van der Waals surface area contributed by atoms with E-state index in [-0.39, 0.29) is 25.6 Å². The van der Waals surface area contributed by atoms with E-state index in [2.05, 4.69) is 4.99 Å². The van der Waals surface area contributed by atoms with E-state index in [4.69, 9.17) is 14.2 Å². The third-order valence-corrected chi connectivity index (χ3v) is 9.70. The van der Waals surface area contributed by atoms with Crippen LogP contribution in [0.4, 0.5) is 4.39 Å². The zero-order chi connectivity index (χ0) is 33.7. The molecule has 2 bridgehead atoms. The van der Waals surface area contributed by atoms with Crippen LogP contribution in [0.2, 0.25) is 0 Å². The van der Waals surface area contributed by atoms with Crippen LogP contribution in [0.15, 0.2) is 53.0 Å². The number of Topliss-reactive ketones (excluding diaryl/α,β-unsaturated/α-hetero) is 1. The summed E-state index contributed by atoms with van der Waals surface area (Å²) in [6, 6.07) is 9.80. The lowest BCUT2D eigenvalue weighted by atomic mass is 9.70. The van der Waals surface area contributed by atoms with Crippen LogP contribution in [-0.4, -0.2) is 70.8 Å². The molecule has 2 aliphatic heterocycles. The Bertz CT molecular complexity index is 1320. The monoisotopic (exact) mass is 627 g/mol. The van der Waals surface area contributed by atoms with Crippen molar-refractivity contribution < 1.29 is 38.1 Å². The van der Waals surface area contributed by atoms with E-state index in [0.29, 0.717) is 12.1 Å². The van der Waals surface area contributed by atoms with Crippen molar-refractivity contribution in [2.75, 3.05) is 13.2 Å². The lowest BCUT2D eigenvalue weighted by Crippen LogP contribution is -2.58. The summed E-state index contributed by atoms with van der Waals surface area (Å²) in [5, 5.41) is 12.1. The van der Waals surface area contributed by atoms with Crippen LogP contribution in [-0.2, 0) is 28.6 Å². The van der Waals surface area contributed by atoms with Gasteiger partial charge in [0.2, 0.25) is 5.91 Å². The molecule has 0 spiro atoms. The summed E-state index contributed by atoms with van der Waals surface area (Å²) < 4.78 is 34.8. The minimum atomic E-state index is -2.95. The van der Waals surface area contributed by atoms with Gasteiger partial charge in [-0.15, -0.1) is 0 Å². The smallest absolute Gasteiger partial charge is 0.351 e. The maximum Gasteiger partial charge on any atom is 0.351 e. The molecule has 1 amide bonds. The number of aliphatic hydroxyl groups is 1. The van der Waals surface area contributed by atoms with E-state index in [1.807, 2.05) is 76.3 Å². The molecule has 2 fully saturated rings. The number of carbonyl (C=O) groups is 3. The van der Waals surface area contributed by atoms with E-state index in [1.54, 1.807) is 13.8 Å². The van der Waals surface area contributed by atoms with Gasteiger partial charge in [0.25, 0.3) is 5.67 Å². The second kappa shape index (κ2) is 14.6. The number of carbonyl (C=O) groups excluding carboxylic acids is 3. The first-order valence-electron chi connectivity index (χ1n) is 15.9. The van der Waals surface area contributed by atoms with Crippen LogP contribution in [0.25, 0.3) is 6.08 Å². The first-order chi connectivity index (χ1) is 21.0. The molecular weight excluding hydrogens is 577 g/mol. The second-order valence-corrected chi connectivity index (χ2v) is 13.3. The molecule has 0 saturated carbocycles. The number of benzene rings is 1. The normalized spacial score (nSPS) is 39.3. The highest BCUT2D eigenvalue weighted by atomic mass is 19.1. The maximum atomic E-state index is 16.1. The largest absolute Gasteiger partial charge is 0.457 e. The SMILES string of the molecule is CC[C@H]1OC(=O)[C@@](C)(F)C(=O)[C@H](C)[C@@H](C)[C@@]2(C)C[C@@H](C)/C(=N\C(C)=O)[C@H](C)[C@@H](OC/C(=C\C=C\c3ccccc3)CO2)[C@]1(C)O. The topological polar surface area (TPSA) is 111 Å². The maximum absolute atomic E-state index is 16.1. The van der Waals surface area contributed by atoms with Crippen LogP contribution >= 0.6 is 0 Å². The number of cyclic esters (lactones) is 1. The molecule has 3 rings (SSSR count). The first-order valence-corrected chi connectivity index (χ1v) is 15.9. The Balaban J connectivity index is 2.28. The van der Waals surface area contributed by atoms with Crippen molar-refractivity contribution in [1.82, 2.24) is 0 Å². The number of allylic oxidation sites excluding steroid dienone is 2. The number of halogens is 1. The molecular formula is C36H50FNO7. The predicted molar refractivity (Wildman–Crippen MR) is 172 cm³/mol. The minimum absolute atomic E-state index is 0.0379. The summed E-state index contributed by atoms with van der Waals surface area (Å²) in [4.78, 5) is 43.7. The lowest BCUT2D eigenvalue weighted by molar-refractivity contribution is -0.198. The van der Waals surface area contributed by atoms with Crippen molar-refractivity contribution >= 4 is 29.4 Å². The zero-order valence-electron chi connectivity index (χ0n) is 28.1. The Morgan fingerprint density at radius 3 is 2.31 bits per heavy atom. The summed E-state index contributed by atoms with van der Waals surface area (Å²) in [5.74, 6) is -5.18. The predicted octanol–water partition coefficient (Wildman–Crippen LogP) is 6.11. The van der Waals surface area contributed by atoms with Crippen molar-refractivity contribution in [2.45, 2.75) is 104 Å². The molecule has 0 aliphatic carbocycles. The molecule has 0 radical (unpaired) electrons. The average molecular weight is 628 g/mol. The summed E-state index contributed by atoms with van der Waals surface area (Å²) in [5.41, 5.74) is -3.59. The van der Waals surface area contributed by atoms with Crippen molar-refractivity contribution in [3.63, 3.8) is 0 Å². The van der Waals surface area contributed by atoms with Gasteiger partial charge in [-0.05, 0) is 56.6 Å². The summed E-state index contributed by atoms with van der Waals surface area (Å²) in [7, 11) is 0.